The molecular formula is C20H19F6N5O3. The second-order valence-electron chi connectivity index (χ2n) is 6.70. The molecule has 0 aliphatic heterocycles. The average Bonchev–Trinajstić information content (AvgIpc) is 2.75. The molecule has 0 spiro atoms. The predicted molar refractivity (Wildman–Crippen MR) is 111 cm³/mol. The highest BCUT2D eigenvalue weighted by Gasteiger charge is 2.38. The highest BCUT2D eigenvalue weighted by molar-refractivity contribution is 5.89. The first-order chi connectivity index (χ1) is 15.8. The maximum Gasteiger partial charge on any atom is 0.490 e. The number of anilines is 2. The van der Waals surface area contributed by atoms with Gasteiger partial charge in [-0.3, -0.25) is 0 Å². The number of nitrogens with one attached hydrogen (secondary N) is 1. The number of aliphatic hydroxyl groups is 1. The lowest BCUT2D eigenvalue weighted by atomic mass is 10.0. The third kappa shape index (κ3) is 7.16. The quantitative estimate of drug-likeness (QED) is 0.299. The van der Waals surface area contributed by atoms with Crippen molar-refractivity contribution in [1.29, 1.82) is 0 Å². The second-order valence-corrected chi connectivity index (χ2v) is 6.70. The minimum absolute atomic E-state index is 0.0264. The van der Waals surface area contributed by atoms with E-state index in [1.165, 1.54) is 24.3 Å². The number of hydrogen-bond acceptors (Lipinski definition) is 7. The van der Waals surface area contributed by atoms with Gasteiger partial charge >= 0.3 is 18.3 Å². The summed E-state index contributed by atoms with van der Waals surface area (Å²) in [6.07, 6.45) is -8.20. The van der Waals surface area contributed by atoms with Gasteiger partial charge < -0.3 is 21.3 Å². The summed E-state index contributed by atoms with van der Waals surface area (Å²) < 4.78 is 71.6. The maximum atomic E-state index is 13.3. The number of hydrogen-bond donors (Lipinski definition) is 4. The van der Waals surface area contributed by atoms with E-state index in [1.807, 2.05) is 0 Å². The molecule has 14 heteroatoms. The van der Waals surface area contributed by atoms with Gasteiger partial charge in [-0.05, 0) is 31.0 Å². The molecule has 1 aromatic carbocycles. The summed E-state index contributed by atoms with van der Waals surface area (Å²) in [4.78, 5) is 21.4. The Morgan fingerprint density at radius 1 is 0.971 bits per heavy atom. The molecule has 0 atom stereocenters. The first-order valence-electron chi connectivity index (χ1n) is 9.60. The van der Waals surface area contributed by atoms with E-state index >= 15 is 0 Å². The van der Waals surface area contributed by atoms with Crippen LogP contribution in [0, 0.1) is 0 Å². The minimum atomic E-state index is -5.08. The number of carboxylic acid groups (broad SMARTS) is 1. The molecule has 0 fully saturated rings. The Bertz CT molecular complexity index is 1140. The fourth-order valence-electron chi connectivity index (χ4n) is 2.71. The fraction of sp³-hybridized carbons (Fsp3) is 0.300. The van der Waals surface area contributed by atoms with Crippen molar-refractivity contribution in [2.75, 3.05) is 24.2 Å². The summed E-state index contributed by atoms with van der Waals surface area (Å²) in [5, 5.41) is 19.6. The van der Waals surface area contributed by atoms with Crippen LogP contribution in [0.2, 0.25) is 0 Å². The molecule has 5 N–H and O–H groups in total. The molecule has 0 aliphatic rings. The van der Waals surface area contributed by atoms with Crippen LogP contribution in [0.25, 0.3) is 22.3 Å². The van der Waals surface area contributed by atoms with Crippen molar-refractivity contribution in [2.45, 2.75) is 25.2 Å². The Balaban J connectivity index is 0.000000509. The standard InChI is InChI=1S/C18H18F3N5O.C2HF3O2/c19-18(20,21)13-6-2-1-5-11(13)14-8-7-12-15(23-9-3-4-10-27)25-17(22)26-16(12)24-14;3-2(4,5)1(6)7/h1-2,5-8,27H,3-4,9-10H2,(H3,22,23,24,25,26);(H,6,7). The van der Waals surface area contributed by atoms with Crippen molar-refractivity contribution in [3.8, 4) is 11.3 Å². The Labute approximate surface area is 188 Å². The number of halogens is 6. The van der Waals surface area contributed by atoms with Gasteiger partial charge in [-0.2, -0.15) is 36.3 Å². The van der Waals surface area contributed by atoms with E-state index in [2.05, 4.69) is 20.3 Å². The molecule has 184 valence electrons. The Kier molecular flexibility index (Phi) is 8.57. The number of nitrogen functional groups attached to an aromatic ring is 1. The summed E-state index contributed by atoms with van der Waals surface area (Å²) in [6.45, 7) is 0.655. The number of rotatable bonds is 6. The zero-order valence-electron chi connectivity index (χ0n) is 17.3. The number of pyridine rings is 1. The number of fused-ring (bicyclic) bond motifs is 1. The Morgan fingerprint density at radius 2 is 1.62 bits per heavy atom. The van der Waals surface area contributed by atoms with Gasteiger partial charge in [0.25, 0.3) is 0 Å². The first kappa shape index (κ1) is 26.6. The summed E-state index contributed by atoms with van der Waals surface area (Å²) in [7, 11) is 0. The number of carbonyl (C=O) groups is 1. The third-order valence-corrected chi connectivity index (χ3v) is 4.21. The van der Waals surface area contributed by atoms with E-state index in [-0.39, 0.29) is 29.5 Å². The largest absolute Gasteiger partial charge is 0.490 e. The number of alkyl halides is 6. The van der Waals surface area contributed by atoms with Gasteiger partial charge in [-0.15, -0.1) is 0 Å². The molecule has 3 aromatic rings. The summed E-state index contributed by atoms with van der Waals surface area (Å²) in [5.74, 6) is -2.33. The number of nitrogens with two attached hydrogens (primary N) is 1. The van der Waals surface area contributed by atoms with E-state index in [4.69, 9.17) is 20.7 Å². The minimum Gasteiger partial charge on any atom is -0.475 e. The van der Waals surface area contributed by atoms with Crippen LogP contribution in [0.3, 0.4) is 0 Å². The van der Waals surface area contributed by atoms with Gasteiger partial charge in [-0.1, -0.05) is 18.2 Å². The van der Waals surface area contributed by atoms with Crippen LogP contribution in [0.1, 0.15) is 18.4 Å². The van der Waals surface area contributed by atoms with Gasteiger partial charge in [-0.25, -0.2) is 9.78 Å². The highest BCUT2D eigenvalue weighted by Crippen LogP contribution is 2.36. The van der Waals surface area contributed by atoms with Crippen LogP contribution in [0.4, 0.5) is 38.1 Å². The summed E-state index contributed by atoms with van der Waals surface area (Å²) in [5.41, 5.74) is 5.29. The molecule has 0 saturated carbocycles. The van der Waals surface area contributed by atoms with Crippen molar-refractivity contribution >= 4 is 28.8 Å². The molecule has 34 heavy (non-hydrogen) atoms. The monoisotopic (exact) mass is 491 g/mol. The lowest BCUT2D eigenvalue weighted by Crippen LogP contribution is -2.21. The Hall–Kier alpha value is -3.68. The maximum absolute atomic E-state index is 13.3. The molecule has 0 amide bonds. The molecule has 8 nitrogen and oxygen atoms in total. The van der Waals surface area contributed by atoms with Crippen molar-refractivity contribution in [3.63, 3.8) is 0 Å². The molecule has 2 heterocycles. The van der Waals surface area contributed by atoms with Gasteiger partial charge in [0, 0.05) is 18.7 Å². The highest BCUT2D eigenvalue weighted by atomic mass is 19.4. The normalized spacial score (nSPS) is 11.6. The molecule has 3 rings (SSSR count). The third-order valence-electron chi connectivity index (χ3n) is 4.21. The number of carboxylic acids is 1. The molecule has 0 aliphatic carbocycles. The van der Waals surface area contributed by atoms with Crippen molar-refractivity contribution < 1.29 is 41.4 Å². The SMILES string of the molecule is Nc1nc(NCCCCO)c2ccc(-c3ccccc3C(F)(F)F)nc2n1.O=C(O)C(F)(F)F. The van der Waals surface area contributed by atoms with E-state index in [9.17, 15) is 26.3 Å². The Morgan fingerprint density at radius 3 is 2.21 bits per heavy atom. The number of nitrogens with zero attached hydrogens (tertiary/aromatic N) is 3. The number of aliphatic carboxylic acids is 1. The van der Waals surface area contributed by atoms with Crippen molar-refractivity contribution in [2.24, 2.45) is 0 Å². The summed E-state index contributed by atoms with van der Waals surface area (Å²) >= 11 is 0. The van der Waals surface area contributed by atoms with Crippen molar-refractivity contribution in [3.05, 3.63) is 42.0 Å². The van der Waals surface area contributed by atoms with Gasteiger partial charge in [0.2, 0.25) is 5.95 Å². The zero-order chi connectivity index (χ0) is 25.5. The van der Waals surface area contributed by atoms with Crippen LogP contribution < -0.4 is 11.1 Å². The number of benzene rings is 1. The van der Waals surface area contributed by atoms with Crippen LogP contribution in [-0.2, 0) is 11.0 Å². The number of aromatic nitrogens is 3. The van der Waals surface area contributed by atoms with Crippen LogP contribution in [0.5, 0.6) is 0 Å². The zero-order valence-corrected chi connectivity index (χ0v) is 17.3. The van der Waals surface area contributed by atoms with Crippen LogP contribution in [0.15, 0.2) is 36.4 Å². The molecule has 0 saturated heterocycles. The lowest BCUT2D eigenvalue weighted by molar-refractivity contribution is -0.192. The average molecular weight is 491 g/mol. The molecule has 0 radical (unpaired) electrons. The van der Waals surface area contributed by atoms with Crippen LogP contribution in [-0.4, -0.2) is 50.5 Å². The molecule has 0 unspecified atom stereocenters. The molecule has 0 bridgehead atoms. The summed E-state index contributed by atoms with van der Waals surface area (Å²) in [6, 6.07) is 8.38. The second kappa shape index (κ2) is 11.0. The van der Waals surface area contributed by atoms with E-state index in [0.717, 1.165) is 12.5 Å². The number of unbranched alkanes of at least 4 members (excludes halogenated alkanes) is 1. The van der Waals surface area contributed by atoms with Gasteiger partial charge in [0.1, 0.15) is 5.82 Å². The first-order valence-corrected chi connectivity index (χ1v) is 9.60. The van der Waals surface area contributed by atoms with Gasteiger partial charge in [0.15, 0.2) is 5.65 Å². The number of aliphatic hydroxyl groups excluding tert-OH is 1. The van der Waals surface area contributed by atoms with Gasteiger partial charge in [0.05, 0.1) is 16.6 Å². The molecule has 2 aromatic heterocycles. The van der Waals surface area contributed by atoms with E-state index in [1.54, 1.807) is 6.07 Å². The predicted octanol–water partition coefficient (Wildman–Crippen LogP) is 4.11. The topological polar surface area (TPSA) is 134 Å². The smallest absolute Gasteiger partial charge is 0.475 e. The van der Waals surface area contributed by atoms with Crippen molar-refractivity contribution in [1.82, 2.24) is 15.0 Å². The van der Waals surface area contributed by atoms with Crippen LogP contribution >= 0.6 is 0 Å². The van der Waals surface area contributed by atoms with E-state index < -0.39 is 23.9 Å². The molecular weight excluding hydrogens is 472 g/mol. The fourth-order valence-corrected chi connectivity index (χ4v) is 2.71. The lowest BCUT2D eigenvalue weighted by Gasteiger charge is -2.13. The van der Waals surface area contributed by atoms with E-state index in [0.29, 0.717) is 24.2 Å².